The Kier molecular flexibility index (Phi) is 3.73. The summed E-state index contributed by atoms with van der Waals surface area (Å²) < 4.78 is 6.72. The molecule has 7 heteroatoms. The Morgan fingerprint density at radius 2 is 2.39 bits per heavy atom. The van der Waals surface area contributed by atoms with Gasteiger partial charge in [0.2, 0.25) is 5.65 Å². The Morgan fingerprint density at radius 3 is 3.17 bits per heavy atom. The quantitative estimate of drug-likeness (QED) is 0.769. The monoisotopic (exact) mass is 251 g/mol. The molecule has 1 atom stereocenters. The van der Waals surface area contributed by atoms with Crippen molar-refractivity contribution in [2.75, 3.05) is 25.6 Å². The van der Waals surface area contributed by atoms with E-state index in [1.54, 1.807) is 37.2 Å². The molecule has 2 aromatic heterocycles. The highest BCUT2D eigenvalue weighted by Crippen LogP contribution is 2.14. The van der Waals surface area contributed by atoms with Gasteiger partial charge in [-0.15, -0.1) is 10.2 Å². The Hall–Kier alpha value is -1.73. The molecule has 7 nitrogen and oxygen atoms in total. The van der Waals surface area contributed by atoms with E-state index >= 15 is 0 Å². The molecule has 1 unspecified atom stereocenters. The highest BCUT2D eigenvalue weighted by molar-refractivity contribution is 5.61. The number of methoxy groups -OCH3 is 1. The summed E-state index contributed by atoms with van der Waals surface area (Å²) >= 11 is 0. The van der Waals surface area contributed by atoms with Crippen molar-refractivity contribution in [3.05, 3.63) is 18.7 Å². The summed E-state index contributed by atoms with van der Waals surface area (Å²) in [5, 5.41) is 21.0. The topological polar surface area (TPSA) is 84.6 Å². The second-order valence-corrected chi connectivity index (χ2v) is 4.43. The third kappa shape index (κ3) is 2.93. The summed E-state index contributed by atoms with van der Waals surface area (Å²) in [6, 6.07) is 0. The molecular weight excluding hydrogens is 234 g/mol. The molecule has 0 bridgehead atoms. The molecule has 0 aliphatic heterocycles. The minimum atomic E-state index is -0.857. The van der Waals surface area contributed by atoms with E-state index in [1.807, 2.05) is 0 Å². The Bertz CT molecular complexity index is 511. The van der Waals surface area contributed by atoms with Crippen LogP contribution in [0.4, 0.5) is 5.82 Å². The van der Waals surface area contributed by atoms with E-state index in [9.17, 15) is 5.11 Å². The lowest BCUT2D eigenvalue weighted by Gasteiger charge is -2.23. The van der Waals surface area contributed by atoms with Gasteiger partial charge in [0.15, 0.2) is 5.82 Å². The standard InChI is InChI=1S/C11H17N5O2/c1-11(17,3-6-18-2)7-13-9-10-15-14-8-16(10)5-4-12-9/h4-5,8,17H,3,6-7H2,1-2H3,(H,12,13). The van der Waals surface area contributed by atoms with Crippen LogP contribution in [0.1, 0.15) is 13.3 Å². The first kappa shape index (κ1) is 12.7. The molecule has 18 heavy (non-hydrogen) atoms. The van der Waals surface area contributed by atoms with Gasteiger partial charge in [0.1, 0.15) is 6.33 Å². The molecular formula is C11H17N5O2. The van der Waals surface area contributed by atoms with Gasteiger partial charge in [0, 0.05) is 39.1 Å². The van der Waals surface area contributed by atoms with Gasteiger partial charge in [-0.1, -0.05) is 0 Å². The number of ether oxygens (including phenoxy) is 1. The van der Waals surface area contributed by atoms with Gasteiger partial charge < -0.3 is 15.2 Å². The number of fused-ring (bicyclic) bond motifs is 1. The van der Waals surface area contributed by atoms with Crippen LogP contribution in [0.15, 0.2) is 18.7 Å². The smallest absolute Gasteiger partial charge is 0.203 e. The van der Waals surface area contributed by atoms with E-state index in [2.05, 4.69) is 20.5 Å². The molecule has 0 spiro atoms. The minimum absolute atomic E-state index is 0.371. The van der Waals surface area contributed by atoms with Crippen LogP contribution in [0.2, 0.25) is 0 Å². The fraction of sp³-hybridized carbons (Fsp3) is 0.545. The SMILES string of the molecule is COCCC(C)(O)CNc1nccn2cnnc12. The van der Waals surface area contributed by atoms with Crippen LogP contribution in [0, 0.1) is 0 Å². The zero-order valence-corrected chi connectivity index (χ0v) is 10.5. The third-order valence-electron chi connectivity index (χ3n) is 2.70. The molecule has 2 rings (SSSR count). The van der Waals surface area contributed by atoms with Crippen molar-refractivity contribution < 1.29 is 9.84 Å². The summed E-state index contributed by atoms with van der Waals surface area (Å²) in [5.74, 6) is 0.604. The van der Waals surface area contributed by atoms with E-state index in [0.29, 0.717) is 31.0 Å². The molecule has 0 saturated carbocycles. The van der Waals surface area contributed by atoms with Crippen molar-refractivity contribution in [3.63, 3.8) is 0 Å². The summed E-state index contributed by atoms with van der Waals surface area (Å²) in [4.78, 5) is 4.19. The van der Waals surface area contributed by atoms with E-state index in [-0.39, 0.29) is 0 Å². The van der Waals surface area contributed by atoms with Crippen LogP contribution in [0.5, 0.6) is 0 Å². The van der Waals surface area contributed by atoms with Crippen molar-refractivity contribution in [1.82, 2.24) is 19.6 Å². The zero-order chi connectivity index (χ0) is 13.0. The predicted molar refractivity (Wildman–Crippen MR) is 66.4 cm³/mol. The summed E-state index contributed by atoms with van der Waals surface area (Å²) in [7, 11) is 1.61. The van der Waals surface area contributed by atoms with Crippen molar-refractivity contribution >= 4 is 11.5 Å². The van der Waals surface area contributed by atoms with Crippen LogP contribution >= 0.6 is 0 Å². The summed E-state index contributed by atoms with van der Waals surface area (Å²) in [6.07, 6.45) is 5.57. The van der Waals surface area contributed by atoms with Gasteiger partial charge in [-0.2, -0.15) is 0 Å². The summed E-state index contributed by atoms with van der Waals surface area (Å²) in [6.45, 7) is 2.64. The largest absolute Gasteiger partial charge is 0.388 e. The molecule has 0 fully saturated rings. The van der Waals surface area contributed by atoms with Crippen LogP contribution in [0.3, 0.4) is 0 Å². The molecule has 0 amide bonds. The number of aromatic nitrogens is 4. The lowest BCUT2D eigenvalue weighted by atomic mass is 10.0. The van der Waals surface area contributed by atoms with E-state index in [4.69, 9.17) is 4.74 Å². The van der Waals surface area contributed by atoms with Gasteiger partial charge in [-0.25, -0.2) is 4.98 Å². The van der Waals surface area contributed by atoms with Gasteiger partial charge in [-0.05, 0) is 6.92 Å². The van der Waals surface area contributed by atoms with E-state index < -0.39 is 5.60 Å². The lowest BCUT2D eigenvalue weighted by Crippen LogP contribution is -2.35. The molecule has 98 valence electrons. The molecule has 2 N–H and O–H groups in total. The average Bonchev–Trinajstić information content (AvgIpc) is 2.82. The molecule has 2 heterocycles. The highest BCUT2D eigenvalue weighted by Gasteiger charge is 2.20. The second-order valence-electron chi connectivity index (χ2n) is 4.43. The molecule has 0 saturated heterocycles. The van der Waals surface area contributed by atoms with Crippen LogP contribution in [0.25, 0.3) is 5.65 Å². The lowest BCUT2D eigenvalue weighted by molar-refractivity contribution is 0.0357. The first-order valence-corrected chi connectivity index (χ1v) is 5.72. The number of hydrogen-bond donors (Lipinski definition) is 2. The van der Waals surface area contributed by atoms with Gasteiger partial charge in [0.05, 0.1) is 5.60 Å². The van der Waals surface area contributed by atoms with Crippen molar-refractivity contribution in [2.24, 2.45) is 0 Å². The highest BCUT2D eigenvalue weighted by atomic mass is 16.5. The maximum atomic E-state index is 10.1. The maximum Gasteiger partial charge on any atom is 0.203 e. The second kappa shape index (κ2) is 5.28. The van der Waals surface area contributed by atoms with Crippen LogP contribution in [-0.2, 0) is 4.74 Å². The van der Waals surface area contributed by atoms with Gasteiger partial charge in [-0.3, -0.25) is 4.40 Å². The van der Waals surface area contributed by atoms with Crippen LogP contribution < -0.4 is 5.32 Å². The molecule has 0 aliphatic rings. The Morgan fingerprint density at radius 1 is 1.56 bits per heavy atom. The molecule has 0 aliphatic carbocycles. The number of rotatable bonds is 6. The number of anilines is 1. The first-order valence-electron chi connectivity index (χ1n) is 5.72. The fourth-order valence-corrected chi connectivity index (χ4v) is 1.57. The maximum absolute atomic E-state index is 10.1. The minimum Gasteiger partial charge on any atom is -0.388 e. The average molecular weight is 251 g/mol. The van der Waals surface area contributed by atoms with E-state index in [1.165, 1.54) is 0 Å². The van der Waals surface area contributed by atoms with Gasteiger partial charge in [0.25, 0.3) is 0 Å². The molecule has 2 aromatic rings. The van der Waals surface area contributed by atoms with E-state index in [0.717, 1.165) is 0 Å². The van der Waals surface area contributed by atoms with Crippen molar-refractivity contribution in [3.8, 4) is 0 Å². The predicted octanol–water partition coefficient (Wildman–Crippen LogP) is 0.324. The van der Waals surface area contributed by atoms with Gasteiger partial charge >= 0.3 is 0 Å². The van der Waals surface area contributed by atoms with Crippen molar-refractivity contribution in [1.29, 1.82) is 0 Å². The number of nitrogens with one attached hydrogen (secondary N) is 1. The molecule has 0 radical (unpaired) electrons. The Labute approximate surface area is 105 Å². The zero-order valence-electron chi connectivity index (χ0n) is 10.5. The number of nitrogens with zero attached hydrogens (tertiary/aromatic N) is 4. The van der Waals surface area contributed by atoms with Crippen molar-refractivity contribution in [2.45, 2.75) is 18.9 Å². The molecule has 0 aromatic carbocycles. The van der Waals surface area contributed by atoms with Crippen LogP contribution in [-0.4, -0.2) is 50.6 Å². The summed E-state index contributed by atoms with van der Waals surface area (Å²) in [5.41, 5.74) is -0.218. The third-order valence-corrected chi connectivity index (χ3v) is 2.70. The number of aliphatic hydroxyl groups is 1. The first-order chi connectivity index (χ1) is 8.62. The number of hydrogen-bond acceptors (Lipinski definition) is 6. The Balaban J connectivity index is 2.03. The normalized spacial score (nSPS) is 14.6. The fourth-order valence-electron chi connectivity index (χ4n) is 1.57.